The lowest BCUT2D eigenvalue weighted by Crippen LogP contribution is -2.39. The Morgan fingerprint density at radius 3 is 2.43 bits per heavy atom. The van der Waals surface area contributed by atoms with E-state index in [1.165, 1.54) is 29.5 Å². The zero-order valence-electron chi connectivity index (χ0n) is 21.8. The molecule has 0 bridgehead atoms. The highest BCUT2D eigenvalue weighted by molar-refractivity contribution is 7.08. The highest BCUT2D eigenvalue weighted by Gasteiger charge is 2.45. The van der Waals surface area contributed by atoms with Crippen molar-refractivity contribution >= 4 is 63.5 Å². The molecule has 4 aromatic rings. The van der Waals surface area contributed by atoms with E-state index < -0.39 is 18.0 Å². The Morgan fingerprint density at radius 2 is 1.76 bits per heavy atom. The molecule has 5 rings (SSSR count). The van der Waals surface area contributed by atoms with Crippen LogP contribution in [0.3, 0.4) is 0 Å². The summed E-state index contributed by atoms with van der Waals surface area (Å²) in [4.78, 5) is 30.6. The van der Waals surface area contributed by atoms with Gasteiger partial charge in [0.15, 0.2) is 0 Å². The lowest BCUT2D eigenvalue weighted by atomic mass is 10.0. The number of piperidine rings is 1. The predicted octanol–water partition coefficient (Wildman–Crippen LogP) is 7.73. The molecule has 1 aliphatic rings. The van der Waals surface area contributed by atoms with Gasteiger partial charge >= 0.3 is 12.1 Å². The first-order valence-electron chi connectivity index (χ1n) is 12.8. The Hall–Kier alpha value is -3.64. The molecular formula is C29H23Cl2F3N4O3S. The third-order valence-electron chi connectivity index (χ3n) is 6.50. The summed E-state index contributed by atoms with van der Waals surface area (Å²) in [6, 6.07) is 13.4. The molecule has 1 saturated heterocycles. The molecule has 1 fully saturated rings. The maximum atomic E-state index is 13.8. The number of alkyl halides is 3. The maximum Gasteiger partial charge on any atom is 0.472 e. The number of aromatic nitrogens is 1. The summed E-state index contributed by atoms with van der Waals surface area (Å²) in [5.41, 5.74) is 1.54. The molecule has 0 spiro atoms. The van der Waals surface area contributed by atoms with Crippen LogP contribution < -0.4 is 20.3 Å². The van der Waals surface area contributed by atoms with Crippen LogP contribution >= 0.6 is 34.5 Å². The fourth-order valence-electron chi connectivity index (χ4n) is 4.46. The van der Waals surface area contributed by atoms with Crippen molar-refractivity contribution < 1.29 is 27.5 Å². The lowest BCUT2D eigenvalue weighted by molar-refractivity contribution is -0.169. The van der Waals surface area contributed by atoms with Crippen LogP contribution in [0.25, 0.3) is 11.1 Å². The van der Waals surface area contributed by atoms with Crippen LogP contribution in [0.2, 0.25) is 10.0 Å². The Bertz CT molecular complexity index is 1580. The molecule has 2 aromatic carbocycles. The number of nitrogens with one attached hydrogen (secondary N) is 2. The second kappa shape index (κ2) is 12.7. The number of hydrogen-bond donors (Lipinski definition) is 2. The van der Waals surface area contributed by atoms with Gasteiger partial charge in [0.05, 0.1) is 22.0 Å². The first kappa shape index (κ1) is 29.8. The van der Waals surface area contributed by atoms with E-state index in [2.05, 4.69) is 15.6 Å². The van der Waals surface area contributed by atoms with Crippen molar-refractivity contribution in [2.24, 2.45) is 0 Å². The highest BCUT2D eigenvalue weighted by atomic mass is 35.5. The molecular weight excluding hydrogens is 612 g/mol. The summed E-state index contributed by atoms with van der Waals surface area (Å²) in [6.45, 7) is 1.54. The number of anilines is 3. The van der Waals surface area contributed by atoms with Gasteiger partial charge in [0, 0.05) is 11.2 Å². The molecule has 0 radical (unpaired) electrons. The minimum Gasteiger partial charge on any atom is -0.489 e. The molecule has 0 saturated carbocycles. The molecule has 0 atom stereocenters. The van der Waals surface area contributed by atoms with Crippen molar-refractivity contribution in [3.63, 3.8) is 0 Å². The van der Waals surface area contributed by atoms with Gasteiger partial charge in [-0.3, -0.25) is 14.5 Å². The SMILES string of the molecule is O=C(Nc1ccc(Cl)cc1N(C(=O)C(F)(F)F)c1ccc(Cl)cn1)c1ccc(-c2ccsc2)cc1OC1CCNCC1. The minimum absolute atomic E-state index is 0.0342. The maximum absolute atomic E-state index is 13.8. The summed E-state index contributed by atoms with van der Waals surface area (Å²) in [6.07, 6.45) is -2.80. The van der Waals surface area contributed by atoms with Gasteiger partial charge in [0.2, 0.25) is 0 Å². The second-order valence-corrected chi connectivity index (χ2v) is 11.0. The summed E-state index contributed by atoms with van der Waals surface area (Å²) >= 11 is 13.6. The number of amides is 2. The number of hydrogen-bond acceptors (Lipinski definition) is 6. The second-order valence-electron chi connectivity index (χ2n) is 9.38. The third kappa shape index (κ3) is 6.87. The summed E-state index contributed by atoms with van der Waals surface area (Å²) in [5.74, 6) is -2.91. The fraction of sp³-hybridized carbons (Fsp3) is 0.207. The van der Waals surface area contributed by atoms with Crippen LogP contribution in [0.5, 0.6) is 5.75 Å². The zero-order chi connectivity index (χ0) is 29.9. The molecule has 0 unspecified atom stereocenters. The van der Waals surface area contributed by atoms with Crippen molar-refractivity contribution in [1.29, 1.82) is 0 Å². The number of carbonyl (C=O) groups is 2. The Labute approximate surface area is 253 Å². The van der Waals surface area contributed by atoms with Crippen LogP contribution in [0, 0.1) is 0 Å². The van der Waals surface area contributed by atoms with E-state index in [1.54, 1.807) is 18.2 Å². The van der Waals surface area contributed by atoms with Gasteiger partial charge in [-0.25, -0.2) is 4.98 Å². The Kier molecular flexibility index (Phi) is 9.02. The normalized spacial score (nSPS) is 13.9. The topological polar surface area (TPSA) is 83.6 Å². The van der Waals surface area contributed by atoms with Gasteiger partial charge in [0.25, 0.3) is 5.91 Å². The van der Waals surface area contributed by atoms with Crippen molar-refractivity contribution in [2.45, 2.75) is 25.1 Å². The van der Waals surface area contributed by atoms with Crippen LogP contribution in [-0.2, 0) is 4.79 Å². The van der Waals surface area contributed by atoms with E-state index in [0.29, 0.717) is 10.6 Å². The molecule has 218 valence electrons. The molecule has 2 aromatic heterocycles. The monoisotopic (exact) mass is 634 g/mol. The van der Waals surface area contributed by atoms with E-state index in [9.17, 15) is 22.8 Å². The molecule has 2 N–H and O–H groups in total. The molecule has 3 heterocycles. The number of halogens is 5. The molecule has 13 heteroatoms. The molecule has 0 aliphatic carbocycles. The van der Waals surface area contributed by atoms with Crippen molar-refractivity contribution in [2.75, 3.05) is 23.3 Å². The average molecular weight is 635 g/mol. The summed E-state index contributed by atoms with van der Waals surface area (Å²) < 4.78 is 47.6. The largest absolute Gasteiger partial charge is 0.489 e. The van der Waals surface area contributed by atoms with Gasteiger partial charge in [-0.2, -0.15) is 24.5 Å². The van der Waals surface area contributed by atoms with Gasteiger partial charge in [0.1, 0.15) is 17.7 Å². The Morgan fingerprint density at radius 1 is 1.00 bits per heavy atom. The van der Waals surface area contributed by atoms with E-state index in [-0.39, 0.29) is 38.9 Å². The number of pyridine rings is 1. The summed E-state index contributed by atoms with van der Waals surface area (Å²) in [7, 11) is 0. The van der Waals surface area contributed by atoms with Gasteiger partial charge in [-0.15, -0.1) is 0 Å². The van der Waals surface area contributed by atoms with Crippen molar-refractivity contribution in [3.8, 4) is 16.9 Å². The number of ether oxygens (including phenoxy) is 1. The van der Waals surface area contributed by atoms with E-state index in [0.717, 1.165) is 55.4 Å². The quantitative estimate of drug-likeness (QED) is 0.217. The van der Waals surface area contributed by atoms with Crippen molar-refractivity contribution in [3.05, 3.63) is 87.2 Å². The first-order chi connectivity index (χ1) is 20.1. The van der Waals surface area contributed by atoms with E-state index >= 15 is 0 Å². The molecule has 7 nitrogen and oxygen atoms in total. The highest BCUT2D eigenvalue weighted by Crippen LogP contribution is 2.38. The lowest BCUT2D eigenvalue weighted by Gasteiger charge is -2.26. The predicted molar refractivity (Wildman–Crippen MR) is 158 cm³/mol. The van der Waals surface area contributed by atoms with Crippen LogP contribution in [0.1, 0.15) is 23.2 Å². The minimum atomic E-state index is -5.27. The van der Waals surface area contributed by atoms with Gasteiger partial charge < -0.3 is 15.4 Å². The Balaban J connectivity index is 1.53. The summed E-state index contributed by atoms with van der Waals surface area (Å²) in [5, 5.41) is 10.0. The standard InChI is InChI=1S/C29H23Cl2F3N4O3S/c30-19-2-5-23(24(14-19)38(28(40)29(32,33)34)26-6-3-20(31)15-36-26)37-27(39)22-4-1-17(18-9-12-42-16-18)13-25(22)41-21-7-10-35-11-8-21/h1-6,9,12-16,21,35H,7-8,10-11H2,(H,37,39). The zero-order valence-corrected chi connectivity index (χ0v) is 24.1. The van der Waals surface area contributed by atoms with Crippen LogP contribution in [-0.4, -0.2) is 42.2 Å². The van der Waals surface area contributed by atoms with Gasteiger partial charge in [-0.1, -0.05) is 29.3 Å². The third-order valence-corrected chi connectivity index (χ3v) is 7.64. The number of carbonyl (C=O) groups excluding carboxylic acids is 2. The van der Waals surface area contributed by atoms with Gasteiger partial charge in [-0.05, 0) is 96.3 Å². The number of nitrogens with zero attached hydrogens (tertiary/aromatic N) is 2. The smallest absolute Gasteiger partial charge is 0.472 e. The van der Waals surface area contributed by atoms with Crippen LogP contribution in [0.4, 0.5) is 30.4 Å². The number of benzene rings is 2. The van der Waals surface area contributed by atoms with E-state index in [4.69, 9.17) is 27.9 Å². The molecule has 2 amide bonds. The fourth-order valence-corrected chi connectivity index (χ4v) is 5.40. The average Bonchev–Trinajstić information content (AvgIpc) is 3.51. The van der Waals surface area contributed by atoms with Crippen LogP contribution in [0.15, 0.2) is 71.6 Å². The number of thiophene rings is 1. The van der Waals surface area contributed by atoms with E-state index in [1.807, 2.05) is 16.8 Å². The van der Waals surface area contributed by atoms with Crippen molar-refractivity contribution in [1.82, 2.24) is 10.3 Å². The molecule has 42 heavy (non-hydrogen) atoms. The first-order valence-corrected chi connectivity index (χ1v) is 14.5. The number of rotatable bonds is 7. The molecule has 1 aliphatic heterocycles.